The molecule has 0 aliphatic heterocycles. The van der Waals surface area contributed by atoms with Gasteiger partial charge in [0.05, 0.1) is 5.52 Å². The predicted octanol–water partition coefficient (Wildman–Crippen LogP) is 3.52. The van der Waals surface area contributed by atoms with Crippen LogP contribution in [0.4, 0.5) is 0 Å². The van der Waals surface area contributed by atoms with Gasteiger partial charge in [0.2, 0.25) is 0 Å². The molecule has 0 aliphatic rings. The molecule has 3 aromatic rings. The SMILES string of the molecule is CCNC(Cc1ccnc2ccccc12)c1cccnc1. The van der Waals surface area contributed by atoms with Crippen LogP contribution in [0.15, 0.2) is 61.1 Å². The molecule has 1 aromatic carbocycles. The summed E-state index contributed by atoms with van der Waals surface area (Å²) in [6, 6.07) is 14.8. The number of fused-ring (bicyclic) bond motifs is 1. The van der Waals surface area contributed by atoms with Crippen molar-refractivity contribution < 1.29 is 0 Å². The summed E-state index contributed by atoms with van der Waals surface area (Å²) in [5, 5.41) is 4.78. The third-order valence-electron chi connectivity index (χ3n) is 3.70. The molecule has 0 spiro atoms. The topological polar surface area (TPSA) is 37.8 Å². The molecule has 0 radical (unpaired) electrons. The molecule has 1 N–H and O–H groups in total. The van der Waals surface area contributed by atoms with Crippen LogP contribution in [0.1, 0.15) is 24.1 Å². The summed E-state index contributed by atoms with van der Waals surface area (Å²) in [6.45, 7) is 3.07. The number of benzene rings is 1. The normalized spacial score (nSPS) is 12.4. The van der Waals surface area contributed by atoms with Crippen molar-refractivity contribution in [2.75, 3.05) is 6.54 Å². The Kier molecular flexibility index (Phi) is 4.22. The fraction of sp³-hybridized carbons (Fsp3) is 0.222. The van der Waals surface area contributed by atoms with E-state index in [0.29, 0.717) is 0 Å². The maximum absolute atomic E-state index is 4.44. The lowest BCUT2D eigenvalue weighted by molar-refractivity contribution is 0.549. The molecule has 3 heteroatoms. The summed E-state index contributed by atoms with van der Waals surface area (Å²) in [5.74, 6) is 0. The van der Waals surface area contributed by atoms with Gasteiger partial charge in [0.1, 0.15) is 0 Å². The van der Waals surface area contributed by atoms with Crippen LogP contribution in [-0.4, -0.2) is 16.5 Å². The largest absolute Gasteiger partial charge is 0.310 e. The molecule has 0 amide bonds. The summed E-state index contributed by atoms with van der Waals surface area (Å²) in [5.41, 5.74) is 3.59. The highest BCUT2D eigenvalue weighted by Gasteiger charge is 2.13. The number of nitrogens with zero attached hydrogens (tertiary/aromatic N) is 2. The van der Waals surface area contributed by atoms with Crippen molar-refractivity contribution in [3.05, 3.63) is 72.2 Å². The lowest BCUT2D eigenvalue weighted by atomic mass is 9.97. The maximum Gasteiger partial charge on any atom is 0.0704 e. The first-order valence-electron chi connectivity index (χ1n) is 7.34. The molecule has 0 fully saturated rings. The summed E-state index contributed by atoms with van der Waals surface area (Å²) in [7, 11) is 0. The van der Waals surface area contributed by atoms with Crippen LogP contribution in [-0.2, 0) is 6.42 Å². The van der Waals surface area contributed by atoms with Crippen molar-refractivity contribution in [3.8, 4) is 0 Å². The highest BCUT2D eigenvalue weighted by molar-refractivity contribution is 5.81. The molecule has 2 heterocycles. The summed E-state index contributed by atoms with van der Waals surface area (Å²) < 4.78 is 0. The summed E-state index contributed by atoms with van der Waals surface area (Å²) in [6.07, 6.45) is 6.58. The highest BCUT2D eigenvalue weighted by atomic mass is 14.9. The van der Waals surface area contributed by atoms with E-state index in [1.54, 1.807) is 0 Å². The van der Waals surface area contributed by atoms with Crippen molar-refractivity contribution >= 4 is 10.9 Å². The number of hydrogen-bond donors (Lipinski definition) is 1. The third kappa shape index (κ3) is 3.09. The van der Waals surface area contributed by atoms with Gasteiger partial charge in [0.25, 0.3) is 0 Å². The Hall–Kier alpha value is -2.26. The second kappa shape index (κ2) is 6.46. The minimum atomic E-state index is 0.273. The molecule has 0 aliphatic carbocycles. The fourth-order valence-electron chi connectivity index (χ4n) is 2.69. The number of pyridine rings is 2. The van der Waals surface area contributed by atoms with Crippen LogP contribution < -0.4 is 5.32 Å². The minimum Gasteiger partial charge on any atom is -0.310 e. The van der Waals surface area contributed by atoms with Crippen molar-refractivity contribution in [2.45, 2.75) is 19.4 Å². The van der Waals surface area contributed by atoms with E-state index < -0.39 is 0 Å². The third-order valence-corrected chi connectivity index (χ3v) is 3.70. The van der Waals surface area contributed by atoms with Crippen molar-refractivity contribution in [1.29, 1.82) is 0 Å². The molecule has 0 saturated carbocycles. The fourth-order valence-corrected chi connectivity index (χ4v) is 2.69. The van der Waals surface area contributed by atoms with E-state index in [1.807, 2.05) is 30.7 Å². The Morgan fingerprint density at radius 3 is 2.76 bits per heavy atom. The highest BCUT2D eigenvalue weighted by Crippen LogP contribution is 2.23. The zero-order valence-corrected chi connectivity index (χ0v) is 12.2. The second-order valence-corrected chi connectivity index (χ2v) is 5.09. The van der Waals surface area contributed by atoms with Crippen LogP contribution in [0.2, 0.25) is 0 Å². The molecule has 1 atom stereocenters. The smallest absolute Gasteiger partial charge is 0.0704 e. The standard InChI is InChI=1S/C18H19N3/c1-2-20-18(15-6-5-10-19-13-15)12-14-9-11-21-17-8-4-3-7-16(14)17/h3-11,13,18,20H,2,12H2,1H3. The number of aromatic nitrogens is 2. The maximum atomic E-state index is 4.44. The van der Waals surface area contributed by atoms with Crippen molar-refractivity contribution in [1.82, 2.24) is 15.3 Å². The van der Waals surface area contributed by atoms with E-state index in [1.165, 1.54) is 16.5 Å². The minimum absolute atomic E-state index is 0.273. The molecular formula is C18H19N3. The first-order chi connectivity index (χ1) is 10.4. The lowest BCUT2D eigenvalue weighted by Gasteiger charge is -2.19. The Bertz CT molecular complexity index is 704. The molecule has 1 unspecified atom stereocenters. The van der Waals surface area contributed by atoms with Gasteiger partial charge in [-0.15, -0.1) is 0 Å². The van der Waals surface area contributed by atoms with Gasteiger partial charge in [-0.1, -0.05) is 31.2 Å². The van der Waals surface area contributed by atoms with Crippen LogP contribution in [0.25, 0.3) is 10.9 Å². The van der Waals surface area contributed by atoms with Crippen molar-refractivity contribution in [2.24, 2.45) is 0 Å². The van der Waals surface area contributed by atoms with E-state index >= 15 is 0 Å². The molecule has 106 valence electrons. The number of likely N-dealkylation sites (N-methyl/N-ethyl adjacent to an activating group) is 1. The number of nitrogens with one attached hydrogen (secondary N) is 1. The average Bonchev–Trinajstić information content (AvgIpc) is 2.55. The monoisotopic (exact) mass is 277 g/mol. The number of rotatable bonds is 5. The molecular weight excluding hydrogens is 258 g/mol. The average molecular weight is 277 g/mol. The first-order valence-corrected chi connectivity index (χ1v) is 7.34. The van der Waals surface area contributed by atoms with E-state index in [9.17, 15) is 0 Å². The van der Waals surface area contributed by atoms with Gasteiger partial charge in [-0.25, -0.2) is 0 Å². The van der Waals surface area contributed by atoms with Gasteiger partial charge >= 0.3 is 0 Å². The van der Waals surface area contributed by atoms with E-state index in [4.69, 9.17) is 0 Å². The van der Waals surface area contributed by atoms with Crippen LogP contribution in [0.3, 0.4) is 0 Å². The summed E-state index contributed by atoms with van der Waals surface area (Å²) >= 11 is 0. The second-order valence-electron chi connectivity index (χ2n) is 5.09. The van der Waals surface area contributed by atoms with Crippen molar-refractivity contribution in [3.63, 3.8) is 0 Å². The number of hydrogen-bond acceptors (Lipinski definition) is 3. The van der Waals surface area contributed by atoms with Gasteiger partial charge in [0.15, 0.2) is 0 Å². The molecule has 21 heavy (non-hydrogen) atoms. The summed E-state index contributed by atoms with van der Waals surface area (Å²) in [4.78, 5) is 8.67. The van der Waals surface area contributed by atoms with Crippen LogP contribution in [0, 0.1) is 0 Å². The lowest BCUT2D eigenvalue weighted by Crippen LogP contribution is -2.23. The molecule has 3 nitrogen and oxygen atoms in total. The Balaban J connectivity index is 1.95. The molecule has 0 saturated heterocycles. The van der Waals surface area contributed by atoms with E-state index in [-0.39, 0.29) is 6.04 Å². The van der Waals surface area contributed by atoms with E-state index in [2.05, 4.69) is 52.5 Å². The van der Waals surface area contributed by atoms with Gasteiger partial charge in [0, 0.05) is 30.0 Å². The van der Waals surface area contributed by atoms with Gasteiger partial charge in [-0.2, -0.15) is 0 Å². The Morgan fingerprint density at radius 1 is 1.05 bits per heavy atom. The van der Waals surface area contributed by atoms with Gasteiger partial charge < -0.3 is 5.32 Å². The zero-order valence-electron chi connectivity index (χ0n) is 12.2. The van der Waals surface area contributed by atoms with E-state index in [0.717, 1.165) is 18.5 Å². The van der Waals surface area contributed by atoms with Gasteiger partial charge in [-0.3, -0.25) is 9.97 Å². The number of para-hydroxylation sites is 1. The molecule has 0 bridgehead atoms. The van der Waals surface area contributed by atoms with Gasteiger partial charge in [-0.05, 0) is 42.3 Å². The van der Waals surface area contributed by atoms with Crippen LogP contribution >= 0.6 is 0 Å². The predicted molar refractivity (Wildman–Crippen MR) is 86.1 cm³/mol. The Labute approximate surface area is 125 Å². The zero-order chi connectivity index (χ0) is 14.5. The van der Waals surface area contributed by atoms with Crippen LogP contribution in [0.5, 0.6) is 0 Å². The quantitative estimate of drug-likeness (QED) is 0.775. The first kappa shape index (κ1) is 13.7. The Morgan fingerprint density at radius 2 is 1.95 bits per heavy atom. The molecule has 2 aromatic heterocycles. The molecule has 3 rings (SSSR count).